The first-order valence-corrected chi connectivity index (χ1v) is 12.7. The Morgan fingerprint density at radius 3 is 2.64 bits per heavy atom. The molecule has 3 heterocycles. The predicted octanol–water partition coefficient (Wildman–Crippen LogP) is 3.84. The Morgan fingerprint density at radius 2 is 1.97 bits per heavy atom. The summed E-state index contributed by atoms with van der Waals surface area (Å²) < 4.78 is 11.3. The van der Waals surface area contributed by atoms with Gasteiger partial charge in [-0.15, -0.1) is 0 Å². The van der Waals surface area contributed by atoms with E-state index in [1.807, 2.05) is 26.8 Å². The minimum atomic E-state index is -0.624. The van der Waals surface area contributed by atoms with Gasteiger partial charge in [-0.25, -0.2) is 9.97 Å². The zero-order valence-corrected chi connectivity index (χ0v) is 22.3. The summed E-state index contributed by atoms with van der Waals surface area (Å²) >= 11 is 6.63. The molecule has 1 saturated heterocycles. The lowest BCUT2D eigenvalue weighted by Gasteiger charge is -2.30. The first-order chi connectivity index (χ1) is 17.3. The van der Waals surface area contributed by atoms with Crippen molar-refractivity contribution in [3.8, 4) is 28.4 Å². The van der Waals surface area contributed by atoms with E-state index in [4.69, 9.17) is 30.8 Å². The van der Waals surface area contributed by atoms with Crippen molar-refractivity contribution in [2.24, 2.45) is 0 Å². The number of rotatable bonds is 9. The molecule has 4 rings (SSSR count). The van der Waals surface area contributed by atoms with Crippen LogP contribution < -0.4 is 15.4 Å². The molecule has 0 bridgehead atoms. The van der Waals surface area contributed by atoms with E-state index in [9.17, 15) is 5.11 Å². The van der Waals surface area contributed by atoms with Crippen molar-refractivity contribution in [1.82, 2.24) is 25.3 Å². The Hall–Kier alpha value is -2.72. The number of ether oxygens (including phenoxy) is 1. The van der Waals surface area contributed by atoms with Gasteiger partial charge in [-0.05, 0) is 79.0 Å². The lowest BCUT2D eigenvalue weighted by molar-refractivity contribution is 0.108. The number of hydrogen-bond acceptors (Lipinski definition) is 9. The minimum absolute atomic E-state index is 0.157. The fourth-order valence-electron chi connectivity index (χ4n) is 4.44. The molecule has 1 atom stereocenters. The Morgan fingerprint density at radius 1 is 1.22 bits per heavy atom. The van der Waals surface area contributed by atoms with Crippen molar-refractivity contribution >= 4 is 17.4 Å². The zero-order valence-electron chi connectivity index (χ0n) is 21.6. The molecule has 0 amide bonds. The van der Waals surface area contributed by atoms with Crippen LogP contribution in [-0.4, -0.2) is 77.6 Å². The van der Waals surface area contributed by atoms with Crippen molar-refractivity contribution in [2.75, 3.05) is 45.7 Å². The first-order valence-electron chi connectivity index (χ1n) is 12.3. The van der Waals surface area contributed by atoms with Gasteiger partial charge in [0, 0.05) is 23.7 Å². The molecule has 1 unspecified atom stereocenters. The summed E-state index contributed by atoms with van der Waals surface area (Å²) in [6.45, 7) is 8.49. The Balaban J connectivity index is 1.74. The molecule has 3 aromatic rings. The fourth-order valence-corrected chi connectivity index (χ4v) is 4.64. The molecule has 1 aliphatic rings. The number of halogens is 1. The second kappa shape index (κ2) is 11.6. The molecular formula is C26H35ClN6O3. The first kappa shape index (κ1) is 26.3. The standard InChI is InChI=1S/C26H35ClN6O3/c1-15-24(23-16(2)32-36-17(23)3)30-26(31-25(15)29-18-8-10-33(5)11-9-18)21-12-20(6-7-22(21)27)35-14-19(34)13-28-4/h6-7,12,18-19,28,34H,8-11,13-14H2,1-5H3,(H,29,30,31). The van der Waals surface area contributed by atoms with Gasteiger partial charge < -0.3 is 29.9 Å². The van der Waals surface area contributed by atoms with E-state index >= 15 is 0 Å². The third kappa shape index (κ3) is 5.98. The van der Waals surface area contributed by atoms with Gasteiger partial charge in [0.05, 0.1) is 22.0 Å². The van der Waals surface area contributed by atoms with Crippen LogP contribution in [0, 0.1) is 20.8 Å². The van der Waals surface area contributed by atoms with Crippen molar-refractivity contribution in [2.45, 2.75) is 45.8 Å². The molecule has 194 valence electrons. The van der Waals surface area contributed by atoms with Crippen LogP contribution in [0.15, 0.2) is 22.7 Å². The van der Waals surface area contributed by atoms with Crippen molar-refractivity contribution < 1.29 is 14.4 Å². The molecule has 0 spiro atoms. The highest BCUT2D eigenvalue weighted by atomic mass is 35.5. The number of benzene rings is 1. The fraction of sp³-hybridized carbons (Fsp3) is 0.500. The number of hydrogen-bond donors (Lipinski definition) is 3. The number of aliphatic hydroxyl groups excluding tert-OH is 1. The largest absolute Gasteiger partial charge is 0.491 e. The lowest BCUT2D eigenvalue weighted by atomic mass is 10.0. The third-order valence-corrected chi connectivity index (χ3v) is 6.87. The maximum absolute atomic E-state index is 10.0. The van der Waals surface area contributed by atoms with Gasteiger partial charge in [0.1, 0.15) is 30.0 Å². The number of nitrogens with zero attached hydrogens (tertiary/aromatic N) is 4. The Bertz CT molecular complexity index is 1170. The monoisotopic (exact) mass is 514 g/mol. The van der Waals surface area contributed by atoms with Crippen LogP contribution in [0.4, 0.5) is 5.82 Å². The van der Waals surface area contributed by atoms with Gasteiger partial charge in [-0.2, -0.15) is 0 Å². The lowest BCUT2D eigenvalue weighted by Crippen LogP contribution is -2.37. The number of aryl methyl sites for hydroxylation is 2. The number of nitrogens with one attached hydrogen (secondary N) is 2. The average molecular weight is 515 g/mol. The summed E-state index contributed by atoms with van der Waals surface area (Å²) in [5.41, 5.74) is 3.98. The van der Waals surface area contributed by atoms with Crippen LogP contribution in [0.25, 0.3) is 22.6 Å². The molecule has 10 heteroatoms. The number of likely N-dealkylation sites (tertiary alicyclic amines) is 1. The van der Waals surface area contributed by atoms with Crippen LogP contribution in [0.5, 0.6) is 5.75 Å². The van der Waals surface area contributed by atoms with E-state index in [1.165, 1.54) is 0 Å². The summed E-state index contributed by atoms with van der Waals surface area (Å²) in [6.07, 6.45) is 1.45. The smallest absolute Gasteiger partial charge is 0.163 e. The molecule has 9 nitrogen and oxygen atoms in total. The minimum Gasteiger partial charge on any atom is -0.491 e. The maximum Gasteiger partial charge on any atom is 0.163 e. The normalized spacial score (nSPS) is 15.8. The molecule has 0 saturated carbocycles. The second-order valence-electron chi connectivity index (χ2n) is 9.45. The van der Waals surface area contributed by atoms with Crippen LogP contribution in [0.3, 0.4) is 0 Å². The van der Waals surface area contributed by atoms with E-state index in [0.29, 0.717) is 40.5 Å². The summed E-state index contributed by atoms with van der Waals surface area (Å²) in [5, 5.41) is 21.3. The molecule has 1 aromatic carbocycles. The summed E-state index contributed by atoms with van der Waals surface area (Å²) in [4.78, 5) is 12.2. The summed E-state index contributed by atoms with van der Waals surface area (Å²) in [6, 6.07) is 5.67. The van der Waals surface area contributed by atoms with Crippen LogP contribution >= 0.6 is 11.6 Å². The molecule has 0 radical (unpaired) electrons. The summed E-state index contributed by atoms with van der Waals surface area (Å²) in [5.74, 6) is 2.54. The van der Waals surface area contributed by atoms with Gasteiger partial charge in [-0.1, -0.05) is 16.8 Å². The quantitative estimate of drug-likeness (QED) is 0.392. The van der Waals surface area contributed by atoms with Gasteiger partial charge >= 0.3 is 0 Å². The van der Waals surface area contributed by atoms with Crippen LogP contribution in [-0.2, 0) is 0 Å². The molecular weight excluding hydrogens is 480 g/mol. The molecule has 1 fully saturated rings. The van der Waals surface area contributed by atoms with Crippen molar-refractivity contribution in [1.29, 1.82) is 0 Å². The average Bonchev–Trinajstić information content (AvgIpc) is 3.19. The number of anilines is 1. The molecule has 0 aliphatic carbocycles. The highest BCUT2D eigenvalue weighted by Gasteiger charge is 2.24. The molecule has 3 N–H and O–H groups in total. The molecule has 1 aliphatic heterocycles. The number of aliphatic hydroxyl groups is 1. The zero-order chi connectivity index (χ0) is 25.8. The van der Waals surface area contributed by atoms with E-state index < -0.39 is 6.10 Å². The Kier molecular flexibility index (Phi) is 8.46. The van der Waals surface area contributed by atoms with E-state index in [-0.39, 0.29) is 6.61 Å². The van der Waals surface area contributed by atoms with E-state index in [0.717, 1.165) is 54.3 Å². The molecule has 36 heavy (non-hydrogen) atoms. The highest BCUT2D eigenvalue weighted by molar-refractivity contribution is 6.33. The predicted molar refractivity (Wildman–Crippen MR) is 142 cm³/mol. The number of likely N-dealkylation sites (N-methyl/N-ethyl adjacent to an activating group) is 1. The van der Waals surface area contributed by atoms with Crippen LogP contribution in [0.2, 0.25) is 5.02 Å². The van der Waals surface area contributed by atoms with Gasteiger partial charge in [0.25, 0.3) is 0 Å². The van der Waals surface area contributed by atoms with Crippen molar-refractivity contribution in [3.63, 3.8) is 0 Å². The topological polar surface area (TPSA) is 109 Å². The third-order valence-electron chi connectivity index (χ3n) is 6.54. The van der Waals surface area contributed by atoms with E-state index in [1.54, 1.807) is 19.2 Å². The van der Waals surface area contributed by atoms with Crippen molar-refractivity contribution in [3.05, 3.63) is 40.2 Å². The van der Waals surface area contributed by atoms with Gasteiger partial charge in [0.15, 0.2) is 5.82 Å². The molecule has 2 aromatic heterocycles. The van der Waals surface area contributed by atoms with Crippen LogP contribution in [0.1, 0.15) is 29.9 Å². The second-order valence-corrected chi connectivity index (χ2v) is 9.86. The Labute approximate surface area is 217 Å². The SMILES string of the molecule is CNCC(O)COc1ccc(Cl)c(-c2nc(NC3CCN(C)CC3)c(C)c(-c3c(C)noc3C)n2)c1. The van der Waals surface area contributed by atoms with E-state index in [2.05, 4.69) is 27.7 Å². The van der Waals surface area contributed by atoms with Gasteiger partial charge in [0.2, 0.25) is 0 Å². The number of piperidine rings is 1. The van der Waals surface area contributed by atoms with Gasteiger partial charge in [-0.3, -0.25) is 0 Å². The highest BCUT2D eigenvalue weighted by Crippen LogP contribution is 2.36. The summed E-state index contributed by atoms with van der Waals surface area (Å²) in [7, 11) is 3.93. The number of aromatic nitrogens is 3. The maximum atomic E-state index is 10.0.